The highest BCUT2D eigenvalue weighted by molar-refractivity contribution is 7.80. The lowest BCUT2D eigenvalue weighted by Gasteiger charge is -2.29. The Kier molecular flexibility index (Phi) is 4.34. The molecular weight excluding hydrogens is 340 g/mol. The molecule has 1 N–H and O–H groups in total. The van der Waals surface area contributed by atoms with E-state index < -0.39 is 11.8 Å². The number of nitrogens with zero attached hydrogens (tertiary/aromatic N) is 1. The zero-order chi connectivity index (χ0) is 17.4. The molecule has 0 bridgehead atoms. The van der Waals surface area contributed by atoms with Gasteiger partial charge in [0.2, 0.25) is 0 Å². The van der Waals surface area contributed by atoms with Gasteiger partial charge in [0.15, 0.2) is 5.11 Å². The number of carbonyl (C=O) groups excluding carboxylic acids is 2. The van der Waals surface area contributed by atoms with Gasteiger partial charge in [-0.3, -0.25) is 19.8 Å². The molecular formula is C18H16N2O2S2. The van der Waals surface area contributed by atoms with Gasteiger partial charge in [-0.25, -0.2) is 0 Å². The highest BCUT2D eigenvalue weighted by atomic mass is 32.1. The Morgan fingerprint density at radius 1 is 1.08 bits per heavy atom. The van der Waals surface area contributed by atoms with Crippen molar-refractivity contribution in [3.8, 4) is 0 Å². The summed E-state index contributed by atoms with van der Waals surface area (Å²) in [5.41, 5.74) is 2.80. The Hall–Kier alpha value is -2.31. The smallest absolute Gasteiger partial charge is 0.270 e. The summed E-state index contributed by atoms with van der Waals surface area (Å²) >= 11 is 6.75. The second-order valence-corrected chi connectivity index (χ2v) is 7.46. The summed E-state index contributed by atoms with van der Waals surface area (Å²) in [4.78, 5) is 28.5. The average Bonchev–Trinajstić information content (AvgIpc) is 2.87. The highest BCUT2D eigenvalue weighted by Gasteiger charge is 2.34. The highest BCUT2D eigenvalue weighted by Crippen LogP contribution is 2.25. The Morgan fingerprint density at radius 3 is 2.33 bits per heavy atom. The topological polar surface area (TPSA) is 49.4 Å². The molecule has 1 aromatic heterocycles. The summed E-state index contributed by atoms with van der Waals surface area (Å²) in [5, 5.41) is 2.71. The van der Waals surface area contributed by atoms with Crippen LogP contribution in [0.3, 0.4) is 0 Å². The number of benzene rings is 1. The van der Waals surface area contributed by atoms with Crippen LogP contribution in [-0.2, 0) is 9.59 Å². The molecule has 1 aromatic carbocycles. The van der Waals surface area contributed by atoms with Crippen molar-refractivity contribution in [2.45, 2.75) is 20.8 Å². The summed E-state index contributed by atoms with van der Waals surface area (Å²) in [5.74, 6) is -0.864. The first-order valence-corrected chi connectivity index (χ1v) is 8.64. The summed E-state index contributed by atoms with van der Waals surface area (Å²) < 4.78 is 0. The number of hydrogen-bond donors (Lipinski definition) is 1. The molecule has 0 aliphatic carbocycles. The minimum atomic E-state index is -0.461. The molecule has 1 aliphatic rings. The van der Waals surface area contributed by atoms with E-state index in [9.17, 15) is 9.59 Å². The molecule has 0 saturated carbocycles. The van der Waals surface area contributed by atoms with Gasteiger partial charge in [0, 0.05) is 9.75 Å². The average molecular weight is 356 g/mol. The van der Waals surface area contributed by atoms with E-state index in [-0.39, 0.29) is 10.7 Å². The number of thiocarbonyl (C=S) groups is 1. The Labute approximate surface area is 149 Å². The maximum atomic E-state index is 12.9. The van der Waals surface area contributed by atoms with Gasteiger partial charge in [-0.1, -0.05) is 6.07 Å². The third-order valence-electron chi connectivity index (χ3n) is 3.61. The van der Waals surface area contributed by atoms with Crippen molar-refractivity contribution in [1.29, 1.82) is 0 Å². The third-order valence-corrected chi connectivity index (χ3v) is 4.85. The van der Waals surface area contributed by atoms with E-state index in [0.29, 0.717) is 5.69 Å². The normalized spacial score (nSPS) is 16.7. The monoisotopic (exact) mass is 356 g/mol. The van der Waals surface area contributed by atoms with Crippen molar-refractivity contribution >= 4 is 52.2 Å². The number of anilines is 1. The third kappa shape index (κ3) is 3.16. The second-order valence-electron chi connectivity index (χ2n) is 5.75. The largest absolute Gasteiger partial charge is 0.298 e. The van der Waals surface area contributed by atoms with Crippen molar-refractivity contribution in [1.82, 2.24) is 5.32 Å². The van der Waals surface area contributed by atoms with Crippen molar-refractivity contribution in [3.63, 3.8) is 0 Å². The molecule has 3 rings (SSSR count). The molecule has 2 heterocycles. The molecule has 0 unspecified atom stereocenters. The van der Waals surface area contributed by atoms with Gasteiger partial charge in [0.05, 0.1) is 5.69 Å². The van der Waals surface area contributed by atoms with Crippen LogP contribution in [0.2, 0.25) is 0 Å². The van der Waals surface area contributed by atoms with Crippen molar-refractivity contribution in [2.75, 3.05) is 4.90 Å². The first-order valence-electron chi connectivity index (χ1n) is 7.41. The van der Waals surface area contributed by atoms with E-state index in [0.717, 1.165) is 20.9 Å². The van der Waals surface area contributed by atoms with Crippen LogP contribution >= 0.6 is 23.6 Å². The molecule has 2 aromatic rings. The number of hydrogen-bond acceptors (Lipinski definition) is 4. The van der Waals surface area contributed by atoms with E-state index in [1.165, 1.54) is 16.2 Å². The quantitative estimate of drug-likeness (QED) is 0.509. The van der Waals surface area contributed by atoms with E-state index >= 15 is 0 Å². The number of rotatable bonds is 2. The zero-order valence-corrected chi connectivity index (χ0v) is 15.2. The lowest BCUT2D eigenvalue weighted by Crippen LogP contribution is -2.54. The summed E-state index contributed by atoms with van der Waals surface area (Å²) in [7, 11) is 0. The summed E-state index contributed by atoms with van der Waals surface area (Å²) in [6, 6.07) is 9.62. The minimum absolute atomic E-state index is 0.0876. The molecule has 6 heteroatoms. The molecule has 4 nitrogen and oxygen atoms in total. The van der Waals surface area contributed by atoms with E-state index in [2.05, 4.69) is 5.32 Å². The zero-order valence-electron chi connectivity index (χ0n) is 13.5. The standard InChI is InChI=1S/C18H16N2O2S2/c1-10-6-11(2)8-13(7-10)20-17(22)15(16(21)19-18(20)23)9-14-5-4-12(3)24-14/h4-9H,1-3H3,(H,19,21,23)/b15-9+. The van der Waals surface area contributed by atoms with Gasteiger partial charge in [0.1, 0.15) is 5.57 Å². The van der Waals surface area contributed by atoms with Gasteiger partial charge in [-0.15, -0.1) is 11.3 Å². The molecule has 2 amide bonds. The van der Waals surface area contributed by atoms with Crippen LogP contribution in [0.25, 0.3) is 6.08 Å². The van der Waals surface area contributed by atoms with Gasteiger partial charge < -0.3 is 0 Å². The van der Waals surface area contributed by atoms with Crippen molar-refractivity contribution in [3.05, 3.63) is 56.8 Å². The Bertz CT molecular complexity index is 876. The van der Waals surface area contributed by atoms with E-state index in [1.54, 1.807) is 6.08 Å². The SMILES string of the molecule is Cc1cc(C)cc(N2C(=O)/C(=C/c3ccc(C)s3)C(=O)NC2=S)c1. The fourth-order valence-corrected chi connectivity index (χ4v) is 3.75. The number of carbonyl (C=O) groups is 2. The van der Waals surface area contributed by atoms with Crippen LogP contribution in [0, 0.1) is 20.8 Å². The van der Waals surface area contributed by atoms with Crippen LogP contribution in [0.5, 0.6) is 0 Å². The van der Waals surface area contributed by atoms with Crippen molar-refractivity contribution in [2.24, 2.45) is 0 Å². The first-order chi connectivity index (χ1) is 11.3. The van der Waals surface area contributed by atoms with Gasteiger partial charge >= 0.3 is 0 Å². The number of nitrogens with one attached hydrogen (secondary N) is 1. The molecule has 24 heavy (non-hydrogen) atoms. The first kappa shape index (κ1) is 16.5. The van der Waals surface area contributed by atoms with Gasteiger partial charge in [-0.2, -0.15) is 0 Å². The van der Waals surface area contributed by atoms with E-state index in [1.807, 2.05) is 51.1 Å². The Balaban J connectivity index is 2.04. The fourth-order valence-electron chi connectivity index (χ4n) is 2.64. The lowest BCUT2D eigenvalue weighted by molar-refractivity contribution is -0.122. The molecule has 0 atom stereocenters. The molecule has 0 spiro atoms. The maximum absolute atomic E-state index is 12.9. The number of amides is 2. The fraction of sp³-hybridized carbons (Fsp3) is 0.167. The van der Waals surface area contributed by atoms with Crippen LogP contribution in [-0.4, -0.2) is 16.9 Å². The predicted octanol–water partition coefficient (Wildman–Crippen LogP) is 3.50. The molecule has 1 saturated heterocycles. The van der Waals surface area contributed by atoms with Crippen LogP contribution in [0.15, 0.2) is 35.9 Å². The number of thiophene rings is 1. The molecule has 1 aliphatic heterocycles. The van der Waals surface area contributed by atoms with Gasteiger partial charge in [0.25, 0.3) is 11.8 Å². The predicted molar refractivity (Wildman–Crippen MR) is 101 cm³/mol. The summed E-state index contributed by atoms with van der Waals surface area (Å²) in [6.07, 6.45) is 1.62. The van der Waals surface area contributed by atoms with Crippen LogP contribution in [0.1, 0.15) is 20.9 Å². The Morgan fingerprint density at radius 2 is 1.75 bits per heavy atom. The second kappa shape index (κ2) is 6.30. The number of aryl methyl sites for hydroxylation is 3. The van der Waals surface area contributed by atoms with Crippen LogP contribution in [0.4, 0.5) is 5.69 Å². The molecule has 122 valence electrons. The molecule has 0 radical (unpaired) electrons. The molecule has 1 fully saturated rings. The van der Waals surface area contributed by atoms with Gasteiger partial charge in [-0.05, 0) is 74.5 Å². The van der Waals surface area contributed by atoms with Crippen LogP contribution < -0.4 is 10.2 Å². The van der Waals surface area contributed by atoms with Crippen molar-refractivity contribution < 1.29 is 9.59 Å². The van der Waals surface area contributed by atoms with E-state index in [4.69, 9.17) is 12.2 Å². The summed E-state index contributed by atoms with van der Waals surface area (Å²) in [6.45, 7) is 5.89. The lowest BCUT2D eigenvalue weighted by atomic mass is 10.1. The minimum Gasteiger partial charge on any atom is -0.298 e. The maximum Gasteiger partial charge on any atom is 0.270 e.